The summed E-state index contributed by atoms with van der Waals surface area (Å²) >= 11 is 0. The topological polar surface area (TPSA) is 84.9 Å². The van der Waals surface area contributed by atoms with Crippen LogP contribution in [0, 0.1) is 0 Å². The van der Waals surface area contributed by atoms with Gasteiger partial charge in [0, 0.05) is 0 Å². The van der Waals surface area contributed by atoms with E-state index in [0.717, 1.165) is 12.2 Å². The number of carbonyl (C=O) groups is 1. The zero-order valence-corrected chi connectivity index (χ0v) is 19.1. The van der Waals surface area contributed by atoms with Gasteiger partial charge in [-0.25, -0.2) is 8.42 Å². The van der Waals surface area contributed by atoms with E-state index in [1.165, 1.54) is 22.0 Å². The Morgan fingerprint density at radius 2 is 1.73 bits per heavy atom. The number of carbonyl (C=O) groups excluding carboxylic acids is 1. The van der Waals surface area contributed by atoms with Crippen LogP contribution in [0.4, 0.5) is 5.69 Å². The lowest BCUT2D eigenvalue weighted by Gasteiger charge is -2.34. The van der Waals surface area contributed by atoms with Crippen molar-refractivity contribution in [3.8, 4) is 11.5 Å². The lowest BCUT2D eigenvalue weighted by molar-refractivity contribution is -0.127. The molecule has 8 heteroatoms. The fourth-order valence-corrected chi connectivity index (χ4v) is 5.06. The third-order valence-electron chi connectivity index (χ3n) is 5.36. The van der Waals surface area contributed by atoms with E-state index in [1.807, 2.05) is 24.3 Å². The molecule has 1 heterocycles. The molecule has 0 spiro atoms. The molecule has 0 bridgehead atoms. The van der Waals surface area contributed by atoms with E-state index in [9.17, 15) is 13.2 Å². The number of para-hydroxylation sites is 2. The summed E-state index contributed by atoms with van der Waals surface area (Å²) < 4.78 is 39.3. The summed E-state index contributed by atoms with van der Waals surface area (Å²) in [5.74, 6) is 0.669. The molecule has 4 rings (SSSR count). The van der Waals surface area contributed by atoms with Crippen LogP contribution in [0.3, 0.4) is 0 Å². The first-order valence-corrected chi connectivity index (χ1v) is 12.3. The molecule has 33 heavy (non-hydrogen) atoms. The third kappa shape index (κ3) is 5.12. The van der Waals surface area contributed by atoms with Crippen molar-refractivity contribution in [2.24, 2.45) is 0 Å². The maximum Gasteiger partial charge on any atom is 0.264 e. The SMILES string of the molecule is CCc1ccc(OCCNC(=O)[C@@H]2CN(S(=O)(=O)c3ccccc3)c3ccccc3O2)cc1. The number of aryl methyl sites for hydroxylation is 1. The highest BCUT2D eigenvalue weighted by molar-refractivity contribution is 7.92. The monoisotopic (exact) mass is 466 g/mol. The number of amides is 1. The van der Waals surface area contributed by atoms with Gasteiger partial charge >= 0.3 is 0 Å². The van der Waals surface area contributed by atoms with Crippen LogP contribution < -0.4 is 19.1 Å². The third-order valence-corrected chi connectivity index (χ3v) is 7.15. The van der Waals surface area contributed by atoms with Gasteiger partial charge in [-0.2, -0.15) is 0 Å². The smallest absolute Gasteiger partial charge is 0.264 e. The number of nitrogens with one attached hydrogen (secondary N) is 1. The van der Waals surface area contributed by atoms with E-state index in [4.69, 9.17) is 9.47 Å². The number of ether oxygens (including phenoxy) is 2. The van der Waals surface area contributed by atoms with Crippen molar-refractivity contribution in [3.63, 3.8) is 0 Å². The second-order valence-electron chi connectivity index (χ2n) is 7.56. The second kappa shape index (κ2) is 9.95. The lowest BCUT2D eigenvalue weighted by atomic mass is 10.2. The number of hydrogen-bond acceptors (Lipinski definition) is 5. The van der Waals surface area contributed by atoms with Crippen LogP contribution in [-0.4, -0.2) is 40.1 Å². The van der Waals surface area contributed by atoms with Crippen molar-refractivity contribution < 1.29 is 22.7 Å². The van der Waals surface area contributed by atoms with E-state index in [0.29, 0.717) is 11.4 Å². The van der Waals surface area contributed by atoms with Gasteiger partial charge in [0.05, 0.1) is 23.7 Å². The number of rotatable bonds is 8. The fourth-order valence-electron chi connectivity index (χ4n) is 3.56. The van der Waals surface area contributed by atoms with Crippen LogP contribution in [0.1, 0.15) is 12.5 Å². The molecule has 172 valence electrons. The number of fused-ring (bicyclic) bond motifs is 1. The Hall–Kier alpha value is -3.52. The molecule has 1 aliphatic heterocycles. The molecule has 3 aromatic rings. The molecule has 7 nitrogen and oxygen atoms in total. The minimum atomic E-state index is -3.86. The van der Waals surface area contributed by atoms with E-state index in [1.54, 1.807) is 42.5 Å². The Morgan fingerprint density at radius 3 is 2.45 bits per heavy atom. The highest BCUT2D eigenvalue weighted by atomic mass is 32.2. The highest BCUT2D eigenvalue weighted by Gasteiger charge is 2.37. The molecule has 0 fully saturated rings. The molecule has 1 aliphatic rings. The molecule has 0 unspecified atom stereocenters. The van der Waals surface area contributed by atoms with Crippen LogP contribution in [0.2, 0.25) is 0 Å². The Balaban J connectivity index is 1.42. The van der Waals surface area contributed by atoms with Crippen molar-refractivity contribution in [2.45, 2.75) is 24.3 Å². The molecule has 1 atom stereocenters. The van der Waals surface area contributed by atoms with Crippen molar-refractivity contribution >= 4 is 21.6 Å². The van der Waals surface area contributed by atoms with Crippen molar-refractivity contribution in [1.82, 2.24) is 5.32 Å². The van der Waals surface area contributed by atoms with Gasteiger partial charge in [0.15, 0.2) is 6.10 Å². The maximum absolute atomic E-state index is 13.3. The van der Waals surface area contributed by atoms with Crippen LogP contribution in [-0.2, 0) is 21.2 Å². The van der Waals surface area contributed by atoms with Gasteiger partial charge in [0.2, 0.25) is 0 Å². The molecular weight excluding hydrogens is 440 g/mol. The quantitative estimate of drug-likeness (QED) is 0.515. The number of hydrogen-bond donors (Lipinski definition) is 1. The first-order chi connectivity index (χ1) is 16.0. The summed E-state index contributed by atoms with van der Waals surface area (Å²) in [5, 5.41) is 2.78. The minimum Gasteiger partial charge on any atom is -0.492 e. The number of sulfonamides is 1. The lowest BCUT2D eigenvalue weighted by Crippen LogP contribution is -2.51. The summed E-state index contributed by atoms with van der Waals surface area (Å²) in [7, 11) is -3.86. The highest BCUT2D eigenvalue weighted by Crippen LogP contribution is 2.36. The number of benzene rings is 3. The van der Waals surface area contributed by atoms with E-state index >= 15 is 0 Å². The van der Waals surface area contributed by atoms with E-state index < -0.39 is 22.0 Å². The standard InChI is InChI=1S/C25H26N2O5S/c1-2-19-12-14-20(15-13-19)31-17-16-26-25(28)24-18-27(22-10-6-7-11-23(22)32-24)33(29,30)21-8-4-3-5-9-21/h3-15,24H,2,16-18H2,1H3,(H,26,28)/t24-/m0/s1. The van der Waals surface area contributed by atoms with Crippen LogP contribution in [0.25, 0.3) is 0 Å². The summed E-state index contributed by atoms with van der Waals surface area (Å²) in [4.78, 5) is 13.0. The molecule has 0 saturated carbocycles. The summed E-state index contributed by atoms with van der Waals surface area (Å²) in [6.45, 7) is 2.51. The summed E-state index contributed by atoms with van der Waals surface area (Å²) in [5.41, 5.74) is 1.63. The molecule has 1 amide bonds. The Morgan fingerprint density at radius 1 is 1.03 bits per heavy atom. The van der Waals surface area contributed by atoms with Crippen LogP contribution >= 0.6 is 0 Å². The zero-order valence-electron chi connectivity index (χ0n) is 18.3. The molecule has 0 aromatic heterocycles. The van der Waals surface area contributed by atoms with Gasteiger partial charge in [-0.05, 0) is 48.4 Å². The van der Waals surface area contributed by atoms with Crippen molar-refractivity contribution in [3.05, 3.63) is 84.4 Å². The predicted octanol–water partition coefficient (Wildman–Crippen LogP) is 3.40. The summed E-state index contributed by atoms with van der Waals surface area (Å²) in [6.07, 6.45) is -0.0278. The molecule has 0 aliphatic carbocycles. The molecule has 0 saturated heterocycles. The molecular formula is C25H26N2O5S. The van der Waals surface area contributed by atoms with Gasteiger partial charge in [-0.15, -0.1) is 0 Å². The largest absolute Gasteiger partial charge is 0.492 e. The van der Waals surface area contributed by atoms with Crippen LogP contribution in [0.15, 0.2) is 83.8 Å². The molecule has 1 N–H and O–H groups in total. The van der Waals surface area contributed by atoms with E-state index in [2.05, 4.69) is 12.2 Å². The van der Waals surface area contributed by atoms with Gasteiger partial charge in [0.25, 0.3) is 15.9 Å². The van der Waals surface area contributed by atoms with Gasteiger partial charge in [-0.3, -0.25) is 9.10 Å². The average molecular weight is 467 g/mol. The molecule has 3 aromatic carbocycles. The van der Waals surface area contributed by atoms with E-state index in [-0.39, 0.29) is 24.6 Å². The van der Waals surface area contributed by atoms with Crippen LogP contribution in [0.5, 0.6) is 11.5 Å². The number of anilines is 1. The minimum absolute atomic E-state index is 0.126. The Bertz CT molecular complexity index is 1200. The average Bonchev–Trinajstić information content (AvgIpc) is 2.86. The molecule has 0 radical (unpaired) electrons. The number of nitrogens with zero attached hydrogens (tertiary/aromatic N) is 1. The van der Waals surface area contributed by atoms with Crippen molar-refractivity contribution in [2.75, 3.05) is 24.0 Å². The first kappa shape index (κ1) is 22.7. The first-order valence-electron chi connectivity index (χ1n) is 10.8. The van der Waals surface area contributed by atoms with Gasteiger partial charge < -0.3 is 14.8 Å². The predicted molar refractivity (Wildman–Crippen MR) is 126 cm³/mol. The second-order valence-corrected chi connectivity index (χ2v) is 9.42. The fraction of sp³-hybridized carbons (Fsp3) is 0.240. The normalized spacial score (nSPS) is 15.3. The maximum atomic E-state index is 13.3. The summed E-state index contributed by atoms with van der Waals surface area (Å²) in [6, 6.07) is 22.8. The van der Waals surface area contributed by atoms with Gasteiger partial charge in [0.1, 0.15) is 18.1 Å². The van der Waals surface area contributed by atoms with Crippen molar-refractivity contribution in [1.29, 1.82) is 0 Å². The zero-order chi connectivity index (χ0) is 23.3. The Kier molecular flexibility index (Phi) is 6.84. The van der Waals surface area contributed by atoms with Gasteiger partial charge in [-0.1, -0.05) is 49.4 Å². The Labute approximate surface area is 194 Å².